The van der Waals surface area contributed by atoms with Crippen molar-refractivity contribution in [1.82, 2.24) is 34.9 Å². The summed E-state index contributed by atoms with van der Waals surface area (Å²) in [5.74, 6) is 1.46. The highest BCUT2D eigenvalue weighted by Crippen LogP contribution is 2.31. The minimum Gasteiger partial charge on any atom is -0.497 e. The van der Waals surface area contributed by atoms with Gasteiger partial charge in [0.2, 0.25) is 5.16 Å². The highest BCUT2D eigenvalue weighted by molar-refractivity contribution is 7.99. The monoisotopic (exact) mass is 454 g/mol. The Labute approximate surface area is 186 Å². The third-order valence-corrected chi connectivity index (χ3v) is 5.70. The van der Waals surface area contributed by atoms with Crippen molar-refractivity contribution in [1.29, 1.82) is 0 Å². The summed E-state index contributed by atoms with van der Waals surface area (Å²) in [6.45, 7) is 1.81. The Morgan fingerprint density at radius 2 is 1.97 bits per heavy atom. The lowest BCUT2D eigenvalue weighted by molar-refractivity contribution is 0.101. The molecule has 4 aromatic rings. The first-order chi connectivity index (χ1) is 15.0. The number of nitrogens with one attached hydrogen (secondary N) is 2. The zero-order valence-corrected chi connectivity index (χ0v) is 18.5. The van der Waals surface area contributed by atoms with Crippen molar-refractivity contribution in [2.45, 2.75) is 27.0 Å². The maximum atomic E-state index is 13.0. The van der Waals surface area contributed by atoms with Gasteiger partial charge >= 0.3 is 0 Å². The third-order valence-electron chi connectivity index (χ3n) is 3.93. The highest BCUT2D eigenvalue weighted by atomic mass is 32.2. The zero-order chi connectivity index (χ0) is 21.8. The number of H-pyrrole nitrogens is 1. The molecule has 1 amide bonds. The summed E-state index contributed by atoms with van der Waals surface area (Å²) in [5, 5.41) is 15.3. The maximum Gasteiger partial charge on any atom is 0.278 e. The molecule has 0 radical (unpaired) electrons. The van der Waals surface area contributed by atoms with Crippen LogP contribution in [0.2, 0.25) is 0 Å². The third kappa shape index (κ3) is 5.22. The van der Waals surface area contributed by atoms with Gasteiger partial charge in [-0.3, -0.25) is 14.6 Å². The molecule has 0 fully saturated rings. The summed E-state index contributed by atoms with van der Waals surface area (Å²) in [7, 11) is 3.39. The van der Waals surface area contributed by atoms with E-state index in [4.69, 9.17) is 4.74 Å². The summed E-state index contributed by atoms with van der Waals surface area (Å²) in [5.41, 5.74) is 0.184. The number of aromatic nitrogens is 7. The fraction of sp³-hybridized carbons (Fsp3) is 0.158. The number of amides is 1. The number of carbonyl (C=O) groups excluding carboxylic acids is 1. The summed E-state index contributed by atoms with van der Waals surface area (Å²) in [6.07, 6.45) is 3.34. The quantitative estimate of drug-likeness (QED) is 0.433. The van der Waals surface area contributed by atoms with Crippen molar-refractivity contribution in [2.75, 3.05) is 12.4 Å². The van der Waals surface area contributed by atoms with Gasteiger partial charge in [0.15, 0.2) is 11.5 Å². The van der Waals surface area contributed by atoms with Crippen LogP contribution in [0.3, 0.4) is 0 Å². The number of benzene rings is 1. The van der Waals surface area contributed by atoms with Crippen LogP contribution in [0.5, 0.6) is 5.75 Å². The predicted octanol–water partition coefficient (Wildman–Crippen LogP) is 3.20. The van der Waals surface area contributed by atoms with Gasteiger partial charge in [0.25, 0.3) is 5.91 Å². The Hall–Kier alpha value is -3.38. The van der Waals surface area contributed by atoms with Gasteiger partial charge in [0, 0.05) is 24.2 Å². The fourth-order valence-electron chi connectivity index (χ4n) is 2.51. The Bertz CT molecular complexity index is 1210. The first-order valence-electron chi connectivity index (χ1n) is 9.07. The van der Waals surface area contributed by atoms with Crippen LogP contribution in [0.1, 0.15) is 16.3 Å². The Morgan fingerprint density at radius 3 is 2.61 bits per heavy atom. The molecule has 0 spiro atoms. The van der Waals surface area contributed by atoms with Gasteiger partial charge in [-0.05, 0) is 43.0 Å². The van der Waals surface area contributed by atoms with Crippen LogP contribution in [-0.4, -0.2) is 47.9 Å². The number of hydrogen-bond donors (Lipinski definition) is 2. The van der Waals surface area contributed by atoms with Gasteiger partial charge in [-0.2, -0.15) is 5.10 Å². The second-order valence-electron chi connectivity index (χ2n) is 6.27. The average Bonchev–Trinajstić information content (AvgIpc) is 3.37. The van der Waals surface area contributed by atoms with Gasteiger partial charge in [0.05, 0.1) is 13.3 Å². The molecule has 0 saturated heterocycles. The molecule has 0 unspecified atom stereocenters. The summed E-state index contributed by atoms with van der Waals surface area (Å²) >= 11 is 2.55. The van der Waals surface area contributed by atoms with E-state index >= 15 is 0 Å². The van der Waals surface area contributed by atoms with E-state index in [9.17, 15) is 4.79 Å². The van der Waals surface area contributed by atoms with Gasteiger partial charge < -0.3 is 10.1 Å². The van der Waals surface area contributed by atoms with Gasteiger partial charge in [0.1, 0.15) is 21.6 Å². The van der Waals surface area contributed by atoms with Crippen molar-refractivity contribution >= 4 is 35.2 Å². The molecular weight excluding hydrogens is 436 g/mol. The van der Waals surface area contributed by atoms with E-state index in [1.165, 1.54) is 23.5 Å². The summed E-state index contributed by atoms with van der Waals surface area (Å²) in [6, 6.07) is 9.18. The van der Waals surface area contributed by atoms with Crippen molar-refractivity contribution in [3.8, 4) is 5.75 Å². The molecule has 0 aliphatic carbocycles. The van der Waals surface area contributed by atoms with Gasteiger partial charge in [-0.1, -0.05) is 11.8 Å². The number of methoxy groups -OCH3 is 1. The van der Waals surface area contributed by atoms with Crippen molar-refractivity contribution < 1.29 is 9.53 Å². The number of ether oxygens (including phenoxy) is 1. The second kappa shape index (κ2) is 9.18. The van der Waals surface area contributed by atoms with Gasteiger partial charge in [-0.15, -0.1) is 5.10 Å². The fourth-order valence-corrected chi connectivity index (χ4v) is 4.05. The lowest BCUT2D eigenvalue weighted by atomic mass is 10.3. The van der Waals surface area contributed by atoms with Crippen LogP contribution in [0.15, 0.2) is 62.8 Å². The van der Waals surface area contributed by atoms with E-state index in [-0.39, 0.29) is 5.69 Å². The average molecular weight is 455 g/mol. The largest absolute Gasteiger partial charge is 0.497 e. The molecule has 0 atom stereocenters. The number of rotatable bonds is 7. The molecule has 3 aromatic heterocycles. The Balaban J connectivity index is 1.63. The molecule has 2 N–H and O–H groups in total. The number of aryl methyl sites for hydroxylation is 2. The maximum absolute atomic E-state index is 13.0. The van der Waals surface area contributed by atoms with Crippen LogP contribution >= 0.6 is 23.5 Å². The smallest absolute Gasteiger partial charge is 0.278 e. The molecule has 12 heteroatoms. The summed E-state index contributed by atoms with van der Waals surface area (Å²) < 4.78 is 6.80. The zero-order valence-electron chi connectivity index (χ0n) is 16.9. The molecule has 0 saturated carbocycles. The lowest BCUT2D eigenvalue weighted by Crippen LogP contribution is -2.16. The van der Waals surface area contributed by atoms with E-state index in [1.54, 1.807) is 37.3 Å². The number of aromatic amines is 1. The SMILES string of the molecule is COc1ccc(Sc2ncc(Sc3n[nH]c(C)n3)nc2C(=O)Nc2ccn(C)n2)cc1. The number of carbonyl (C=O) groups is 1. The Kier molecular flexibility index (Phi) is 6.18. The summed E-state index contributed by atoms with van der Waals surface area (Å²) in [4.78, 5) is 27.2. The van der Waals surface area contributed by atoms with Crippen LogP contribution in [0, 0.1) is 6.92 Å². The molecule has 1 aromatic carbocycles. The van der Waals surface area contributed by atoms with E-state index < -0.39 is 5.91 Å². The van der Waals surface area contributed by atoms with Crippen LogP contribution in [0.25, 0.3) is 0 Å². The lowest BCUT2D eigenvalue weighted by Gasteiger charge is -2.09. The molecule has 10 nitrogen and oxygen atoms in total. The first-order valence-corrected chi connectivity index (χ1v) is 10.7. The number of nitrogens with zero attached hydrogens (tertiary/aromatic N) is 6. The van der Waals surface area contributed by atoms with E-state index in [0.29, 0.717) is 26.9 Å². The molecule has 31 heavy (non-hydrogen) atoms. The van der Waals surface area contributed by atoms with Crippen molar-refractivity contribution in [3.05, 3.63) is 54.2 Å². The first kappa shape index (κ1) is 20.9. The number of anilines is 1. The Morgan fingerprint density at radius 1 is 1.16 bits per heavy atom. The van der Waals surface area contributed by atoms with E-state index in [2.05, 4.69) is 35.6 Å². The normalized spacial score (nSPS) is 10.8. The minimum absolute atomic E-state index is 0.184. The molecule has 0 bridgehead atoms. The van der Waals surface area contributed by atoms with E-state index in [0.717, 1.165) is 10.6 Å². The molecule has 158 valence electrons. The van der Waals surface area contributed by atoms with Crippen molar-refractivity contribution in [3.63, 3.8) is 0 Å². The van der Waals surface area contributed by atoms with Crippen LogP contribution < -0.4 is 10.1 Å². The molecular formula is C19H18N8O2S2. The molecule has 3 heterocycles. The van der Waals surface area contributed by atoms with Crippen LogP contribution in [-0.2, 0) is 7.05 Å². The molecule has 0 aliphatic heterocycles. The standard InChI is InChI=1S/C19H18N8O2S2/c1-11-21-19(25-24-11)31-15-10-20-18(30-13-6-4-12(29-3)5-7-13)16(23-15)17(28)22-14-8-9-27(2)26-14/h4-10H,1-3H3,(H,21,24,25)(H,22,26,28). The van der Waals surface area contributed by atoms with Gasteiger partial charge in [-0.25, -0.2) is 15.0 Å². The highest BCUT2D eigenvalue weighted by Gasteiger charge is 2.19. The number of hydrogen-bond acceptors (Lipinski definition) is 9. The second-order valence-corrected chi connectivity index (χ2v) is 8.32. The predicted molar refractivity (Wildman–Crippen MR) is 116 cm³/mol. The topological polar surface area (TPSA) is 124 Å². The molecule has 4 rings (SSSR count). The van der Waals surface area contributed by atoms with Crippen LogP contribution in [0.4, 0.5) is 5.82 Å². The minimum atomic E-state index is -0.407. The van der Waals surface area contributed by atoms with E-state index in [1.807, 2.05) is 31.2 Å². The van der Waals surface area contributed by atoms with Crippen molar-refractivity contribution in [2.24, 2.45) is 7.05 Å². The molecule has 0 aliphatic rings.